The summed E-state index contributed by atoms with van der Waals surface area (Å²) in [6, 6.07) is 10.1. The van der Waals surface area contributed by atoms with E-state index in [0.29, 0.717) is 22.7 Å². The molecule has 0 amide bonds. The smallest absolute Gasteiger partial charge is 0.406 e. The van der Waals surface area contributed by atoms with E-state index in [2.05, 4.69) is 14.9 Å². The first-order valence-corrected chi connectivity index (χ1v) is 8.07. The topological polar surface area (TPSA) is 83.3 Å². The molecule has 0 saturated carbocycles. The maximum Gasteiger partial charge on any atom is 0.573 e. The molecule has 1 aromatic carbocycles. The Morgan fingerprint density at radius 2 is 1.89 bits per heavy atom. The maximum atomic E-state index is 12.3. The number of benzene rings is 1. The number of rotatable bonds is 4. The molecule has 0 atom stereocenters. The van der Waals surface area contributed by atoms with Gasteiger partial charge in [-0.3, -0.25) is 4.57 Å². The summed E-state index contributed by atoms with van der Waals surface area (Å²) >= 11 is 0. The molecule has 0 spiro atoms. The molecule has 0 aliphatic heterocycles. The van der Waals surface area contributed by atoms with Crippen LogP contribution in [0.25, 0.3) is 22.5 Å². The van der Waals surface area contributed by atoms with Gasteiger partial charge in [0.25, 0.3) is 0 Å². The van der Waals surface area contributed by atoms with E-state index in [4.69, 9.17) is 8.94 Å². The lowest BCUT2D eigenvalue weighted by Crippen LogP contribution is -2.16. The summed E-state index contributed by atoms with van der Waals surface area (Å²) in [7, 11) is 0. The van der Waals surface area contributed by atoms with Crippen molar-refractivity contribution in [2.45, 2.75) is 19.8 Å². The normalized spacial score (nSPS) is 11.9. The molecule has 0 saturated heterocycles. The van der Waals surface area contributed by atoms with Crippen molar-refractivity contribution in [2.75, 3.05) is 0 Å². The molecule has 7 nitrogen and oxygen atoms in total. The van der Waals surface area contributed by atoms with Crippen molar-refractivity contribution in [3.8, 4) is 17.0 Å². The molecule has 0 aliphatic rings. The van der Waals surface area contributed by atoms with Gasteiger partial charge in [-0.1, -0.05) is 5.16 Å². The van der Waals surface area contributed by atoms with E-state index in [1.807, 2.05) is 0 Å². The molecule has 0 radical (unpaired) electrons. The van der Waals surface area contributed by atoms with Crippen LogP contribution in [-0.2, 0) is 6.54 Å². The van der Waals surface area contributed by atoms with E-state index in [1.165, 1.54) is 28.8 Å². The summed E-state index contributed by atoms with van der Waals surface area (Å²) < 4.78 is 52.3. The number of halogens is 3. The zero-order valence-corrected chi connectivity index (χ0v) is 14.4. The van der Waals surface area contributed by atoms with Gasteiger partial charge in [-0.25, -0.2) is 9.78 Å². The molecule has 3 heterocycles. The molecular formula is C18H12F3N3O4. The number of hydrogen-bond acceptors (Lipinski definition) is 6. The van der Waals surface area contributed by atoms with Gasteiger partial charge in [-0.15, -0.1) is 13.2 Å². The molecule has 0 bridgehead atoms. The zero-order chi connectivity index (χ0) is 19.9. The summed E-state index contributed by atoms with van der Waals surface area (Å²) in [5, 5.41) is 3.77. The Balaban J connectivity index is 1.69. The van der Waals surface area contributed by atoms with E-state index >= 15 is 0 Å². The molecule has 0 N–H and O–H groups in total. The largest absolute Gasteiger partial charge is 0.573 e. The van der Waals surface area contributed by atoms with E-state index in [-0.39, 0.29) is 23.5 Å². The molecule has 0 fully saturated rings. The lowest BCUT2D eigenvalue weighted by atomic mass is 10.1. The predicted octanol–water partition coefficient (Wildman–Crippen LogP) is 3.90. The van der Waals surface area contributed by atoms with Gasteiger partial charge in [0.15, 0.2) is 17.0 Å². The third kappa shape index (κ3) is 3.61. The quantitative estimate of drug-likeness (QED) is 0.525. The first-order chi connectivity index (χ1) is 13.3. The Morgan fingerprint density at radius 1 is 1.14 bits per heavy atom. The van der Waals surface area contributed by atoms with Crippen LogP contribution in [0, 0.1) is 6.92 Å². The van der Waals surface area contributed by atoms with Crippen LogP contribution in [0.4, 0.5) is 13.2 Å². The Bertz CT molecular complexity index is 1190. The number of alkyl halides is 3. The fourth-order valence-corrected chi connectivity index (χ4v) is 2.72. The molecule has 3 aromatic heterocycles. The zero-order valence-electron chi connectivity index (χ0n) is 14.4. The number of aryl methyl sites for hydroxylation is 1. The van der Waals surface area contributed by atoms with Crippen LogP contribution in [0.2, 0.25) is 0 Å². The van der Waals surface area contributed by atoms with Crippen LogP contribution >= 0.6 is 0 Å². The van der Waals surface area contributed by atoms with Crippen LogP contribution in [0.3, 0.4) is 0 Å². The van der Waals surface area contributed by atoms with Gasteiger partial charge in [-0.05, 0) is 43.3 Å². The van der Waals surface area contributed by atoms with E-state index in [0.717, 1.165) is 0 Å². The highest BCUT2D eigenvalue weighted by Crippen LogP contribution is 2.26. The highest BCUT2D eigenvalue weighted by atomic mass is 19.4. The molecule has 4 rings (SSSR count). The third-order valence-electron chi connectivity index (χ3n) is 3.89. The van der Waals surface area contributed by atoms with Gasteiger partial charge >= 0.3 is 12.1 Å². The second-order valence-electron chi connectivity index (χ2n) is 5.98. The van der Waals surface area contributed by atoms with Crippen LogP contribution in [-0.4, -0.2) is 21.1 Å². The summed E-state index contributed by atoms with van der Waals surface area (Å²) in [4.78, 5) is 16.6. The summed E-state index contributed by atoms with van der Waals surface area (Å²) in [6.45, 7) is 1.84. The van der Waals surface area contributed by atoms with Crippen molar-refractivity contribution in [1.82, 2.24) is 14.7 Å². The van der Waals surface area contributed by atoms with Gasteiger partial charge < -0.3 is 13.7 Å². The van der Waals surface area contributed by atoms with Gasteiger partial charge in [0.2, 0.25) is 0 Å². The van der Waals surface area contributed by atoms with Gasteiger partial charge in [-0.2, -0.15) is 0 Å². The fourth-order valence-electron chi connectivity index (χ4n) is 2.72. The Labute approximate surface area is 155 Å². The Hall–Kier alpha value is -3.56. The van der Waals surface area contributed by atoms with Crippen molar-refractivity contribution in [3.63, 3.8) is 0 Å². The predicted molar refractivity (Wildman–Crippen MR) is 90.7 cm³/mol. The van der Waals surface area contributed by atoms with Crippen LogP contribution in [0.1, 0.15) is 11.5 Å². The number of pyridine rings is 1. The monoisotopic (exact) mass is 391 g/mol. The summed E-state index contributed by atoms with van der Waals surface area (Å²) in [6.07, 6.45) is -4.76. The number of nitrogens with zero attached hydrogens (tertiary/aromatic N) is 3. The van der Waals surface area contributed by atoms with Crippen LogP contribution < -0.4 is 10.5 Å². The highest BCUT2D eigenvalue weighted by Gasteiger charge is 2.31. The lowest BCUT2D eigenvalue weighted by Gasteiger charge is -2.09. The minimum Gasteiger partial charge on any atom is -0.406 e. The van der Waals surface area contributed by atoms with Crippen molar-refractivity contribution in [1.29, 1.82) is 0 Å². The standard InChI is InChI=1S/C18H12F3N3O4/c1-10-8-13(28-23-10)9-24-16-15(26-17(24)25)7-6-14(22-16)11-2-4-12(5-3-11)27-18(19,20)21/h2-8H,9H2,1H3. The molecule has 0 unspecified atom stereocenters. The van der Waals surface area contributed by atoms with E-state index < -0.39 is 12.1 Å². The van der Waals surface area contributed by atoms with Gasteiger partial charge in [0.05, 0.1) is 17.9 Å². The minimum atomic E-state index is -4.76. The highest BCUT2D eigenvalue weighted by molar-refractivity contribution is 5.73. The summed E-state index contributed by atoms with van der Waals surface area (Å²) in [5.74, 6) is -0.482. The molecule has 28 heavy (non-hydrogen) atoms. The second kappa shape index (κ2) is 6.55. The first kappa shape index (κ1) is 17.8. The third-order valence-corrected chi connectivity index (χ3v) is 3.89. The average Bonchev–Trinajstić information content (AvgIpc) is 3.17. The number of hydrogen-bond donors (Lipinski definition) is 0. The van der Waals surface area contributed by atoms with Crippen molar-refractivity contribution < 1.29 is 26.8 Å². The molecule has 10 heteroatoms. The molecular weight excluding hydrogens is 379 g/mol. The lowest BCUT2D eigenvalue weighted by molar-refractivity contribution is -0.274. The number of aromatic nitrogens is 3. The van der Waals surface area contributed by atoms with Crippen LogP contribution in [0.15, 0.2) is 56.2 Å². The number of fused-ring (bicyclic) bond motifs is 1. The van der Waals surface area contributed by atoms with Crippen LogP contribution in [0.5, 0.6) is 5.75 Å². The van der Waals surface area contributed by atoms with E-state index in [1.54, 1.807) is 25.1 Å². The summed E-state index contributed by atoms with van der Waals surface area (Å²) in [5.41, 5.74) is 2.24. The number of oxazole rings is 1. The van der Waals surface area contributed by atoms with E-state index in [9.17, 15) is 18.0 Å². The SMILES string of the molecule is Cc1cc(Cn2c(=O)oc3ccc(-c4ccc(OC(F)(F)F)cc4)nc32)on1. The van der Waals surface area contributed by atoms with Gasteiger partial charge in [0, 0.05) is 11.6 Å². The van der Waals surface area contributed by atoms with Gasteiger partial charge in [0.1, 0.15) is 5.75 Å². The fraction of sp³-hybridized carbons (Fsp3) is 0.167. The second-order valence-corrected chi connectivity index (χ2v) is 5.98. The maximum absolute atomic E-state index is 12.3. The molecule has 0 aliphatic carbocycles. The molecule has 144 valence electrons. The average molecular weight is 391 g/mol. The molecule has 4 aromatic rings. The Kier molecular flexibility index (Phi) is 4.17. The Morgan fingerprint density at radius 3 is 2.54 bits per heavy atom. The van der Waals surface area contributed by atoms with Crippen molar-refractivity contribution in [3.05, 3.63) is 64.5 Å². The number of ether oxygens (including phenoxy) is 1. The minimum absolute atomic E-state index is 0.0848. The van der Waals surface area contributed by atoms with Crippen molar-refractivity contribution >= 4 is 11.2 Å². The first-order valence-electron chi connectivity index (χ1n) is 8.07. The van der Waals surface area contributed by atoms with Crippen molar-refractivity contribution in [2.24, 2.45) is 0 Å².